The molecular formula is C24H23ClN6O6S. The minimum atomic E-state index is -3.25. The number of hydrogen-bond donors (Lipinski definition) is 2. The number of aromatic amines is 1. The standard InChI is InChI=1S/C24H23ClN6O6S/c1-38(33,34)30-7-13-8-31(29-17(13)9-30)14-4-2-12(3-5-14)20-15(25)6-16-23(27-20)28-24(26-16)37-19-11-36-21-18(32)10-35-22(19)21/h2-6,8,18-19,21-22,32H,7,9-11H2,1H3,(H,26,27,28)/t18-,19-,21-,22-/m1/s1. The lowest BCUT2D eigenvalue weighted by Crippen LogP contribution is -2.34. The van der Waals surface area contributed by atoms with Gasteiger partial charge in [-0.15, -0.1) is 0 Å². The second-order valence-corrected chi connectivity index (χ2v) is 12.1. The summed E-state index contributed by atoms with van der Waals surface area (Å²) >= 11 is 6.57. The Balaban J connectivity index is 1.10. The number of ether oxygens (including phenoxy) is 3. The third-order valence-corrected chi connectivity index (χ3v) is 8.56. The van der Waals surface area contributed by atoms with Gasteiger partial charge in [0.1, 0.15) is 18.3 Å². The van der Waals surface area contributed by atoms with Crippen LogP contribution in [0.15, 0.2) is 36.5 Å². The molecule has 0 unspecified atom stereocenters. The SMILES string of the molecule is CS(=O)(=O)N1Cc2cn(-c3ccc(-c4nc5nc(O[C@@H]6CO[C@H]7[C@@H]6OC[C@H]7O)[nH]c5cc4Cl)cc3)nc2C1. The largest absolute Gasteiger partial charge is 0.456 e. The zero-order valence-corrected chi connectivity index (χ0v) is 21.7. The van der Waals surface area contributed by atoms with Crippen molar-refractivity contribution in [2.24, 2.45) is 0 Å². The molecule has 2 fully saturated rings. The zero-order chi connectivity index (χ0) is 26.2. The number of H-pyrrole nitrogens is 1. The van der Waals surface area contributed by atoms with Gasteiger partial charge in [-0.25, -0.2) is 18.1 Å². The molecule has 0 radical (unpaired) electrons. The number of imidazole rings is 1. The summed E-state index contributed by atoms with van der Waals surface area (Å²) in [6.07, 6.45) is 1.27. The molecule has 3 aliphatic heterocycles. The molecule has 0 aliphatic carbocycles. The number of aliphatic hydroxyl groups is 1. The molecule has 12 nitrogen and oxygen atoms in total. The number of fused-ring (bicyclic) bond motifs is 3. The summed E-state index contributed by atoms with van der Waals surface area (Å²) in [4.78, 5) is 12.2. The molecule has 7 rings (SSSR count). The summed E-state index contributed by atoms with van der Waals surface area (Å²) in [7, 11) is -3.25. The maximum atomic E-state index is 11.8. The highest BCUT2D eigenvalue weighted by Gasteiger charge is 2.48. The number of halogens is 1. The van der Waals surface area contributed by atoms with Gasteiger partial charge in [-0.1, -0.05) is 23.7 Å². The van der Waals surface area contributed by atoms with Crippen molar-refractivity contribution in [3.05, 3.63) is 52.8 Å². The Morgan fingerprint density at radius 2 is 1.92 bits per heavy atom. The number of pyridine rings is 1. The molecule has 2 saturated heterocycles. The topological polar surface area (TPSA) is 145 Å². The second kappa shape index (κ2) is 8.73. The number of rotatable bonds is 5. The number of nitrogens with one attached hydrogen (secondary N) is 1. The molecule has 38 heavy (non-hydrogen) atoms. The molecule has 2 N–H and O–H groups in total. The highest BCUT2D eigenvalue weighted by atomic mass is 35.5. The fourth-order valence-electron chi connectivity index (χ4n) is 5.10. The molecule has 1 aromatic carbocycles. The predicted octanol–water partition coefficient (Wildman–Crippen LogP) is 1.65. The van der Waals surface area contributed by atoms with Gasteiger partial charge in [-0.2, -0.15) is 14.4 Å². The Bertz CT molecular complexity index is 1630. The van der Waals surface area contributed by atoms with Gasteiger partial charge in [-0.3, -0.25) is 0 Å². The van der Waals surface area contributed by atoms with Crippen molar-refractivity contribution >= 4 is 32.8 Å². The van der Waals surface area contributed by atoms with Crippen LogP contribution in [0.1, 0.15) is 11.3 Å². The lowest BCUT2D eigenvalue weighted by atomic mass is 10.1. The van der Waals surface area contributed by atoms with E-state index in [9.17, 15) is 13.5 Å². The van der Waals surface area contributed by atoms with Crippen molar-refractivity contribution in [3.8, 4) is 23.0 Å². The fraction of sp³-hybridized carbons (Fsp3) is 0.375. The van der Waals surface area contributed by atoms with Crippen LogP contribution >= 0.6 is 11.6 Å². The Hall–Kier alpha value is -3.07. The van der Waals surface area contributed by atoms with Gasteiger partial charge in [0.15, 0.2) is 11.8 Å². The molecular weight excluding hydrogens is 536 g/mol. The average molecular weight is 559 g/mol. The summed E-state index contributed by atoms with van der Waals surface area (Å²) in [6.45, 7) is 1.12. The monoisotopic (exact) mass is 558 g/mol. The minimum Gasteiger partial charge on any atom is -0.456 e. The molecule has 0 spiro atoms. The molecule has 0 bridgehead atoms. The van der Waals surface area contributed by atoms with Crippen molar-refractivity contribution in [3.63, 3.8) is 0 Å². The van der Waals surface area contributed by atoms with Crippen LogP contribution in [-0.4, -0.2) is 86.4 Å². The predicted molar refractivity (Wildman–Crippen MR) is 135 cm³/mol. The van der Waals surface area contributed by atoms with Crippen LogP contribution in [0.3, 0.4) is 0 Å². The van der Waals surface area contributed by atoms with Crippen molar-refractivity contribution in [1.82, 2.24) is 29.0 Å². The lowest BCUT2D eigenvalue weighted by molar-refractivity contribution is 0.00706. The van der Waals surface area contributed by atoms with Gasteiger partial charge < -0.3 is 24.3 Å². The second-order valence-electron chi connectivity index (χ2n) is 9.68. The van der Waals surface area contributed by atoms with E-state index in [1.165, 1.54) is 10.6 Å². The first-order valence-corrected chi connectivity index (χ1v) is 14.2. The van der Waals surface area contributed by atoms with Crippen LogP contribution in [0.25, 0.3) is 28.1 Å². The molecule has 3 aliphatic rings. The van der Waals surface area contributed by atoms with E-state index in [-0.39, 0.29) is 25.3 Å². The first-order valence-electron chi connectivity index (χ1n) is 12.0. The quantitative estimate of drug-likeness (QED) is 0.373. The number of sulfonamides is 1. The number of aliphatic hydroxyl groups excluding tert-OH is 1. The summed E-state index contributed by atoms with van der Waals surface area (Å²) in [6, 6.07) is 9.62. The molecule has 0 saturated carbocycles. The van der Waals surface area contributed by atoms with Crippen molar-refractivity contribution in [2.45, 2.75) is 37.5 Å². The maximum Gasteiger partial charge on any atom is 0.296 e. The first kappa shape index (κ1) is 24.0. The summed E-state index contributed by atoms with van der Waals surface area (Å²) in [5.41, 5.74) is 4.92. The van der Waals surface area contributed by atoms with Gasteiger partial charge >= 0.3 is 0 Å². The normalized spacial score (nSPS) is 25.2. The number of hydrogen-bond acceptors (Lipinski definition) is 9. The summed E-state index contributed by atoms with van der Waals surface area (Å²) < 4.78 is 43.9. The summed E-state index contributed by atoms with van der Waals surface area (Å²) in [5.74, 6) is 0. The van der Waals surface area contributed by atoms with Crippen molar-refractivity contribution in [2.75, 3.05) is 19.5 Å². The molecule has 4 aromatic rings. The highest BCUT2D eigenvalue weighted by Crippen LogP contribution is 2.33. The third-order valence-electron chi connectivity index (χ3n) is 7.07. The van der Waals surface area contributed by atoms with E-state index in [0.717, 1.165) is 22.5 Å². The van der Waals surface area contributed by atoms with E-state index in [4.69, 9.17) is 25.8 Å². The van der Waals surface area contributed by atoms with Crippen molar-refractivity contribution in [1.29, 1.82) is 0 Å². The molecule has 198 valence electrons. The maximum absolute atomic E-state index is 11.8. The number of benzene rings is 1. The van der Waals surface area contributed by atoms with Crippen molar-refractivity contribution < 1.29 is 27.7 Å². The zero-order valence-electron chi connectivity index (χ0n) is 20.1. The smallest absolute Gasteiger partial charge is 0.296 e. The van der Waals surface area contributed by atoms with Crippen LogP contribution in [0.2, 0.25) is 5.02 Å². The van der Waals surface area contributed by atoms with Crippen LogP contribution in [0.5, 0.6) is 6.01 Å². The fourth-order valence-corrected chi connectivity index (χ4v) is 6.10. The molecule has 14 heteroatoms. The highest BCUT2D eigenvalue weighted by molar-refractivity contribution is 7.88. The van der Waals surface area contributed by atoms with E-state index in [0.29, 0.717) is 35.0 Å². The van der Waals surface area contributed by atoms with E-state index < -0.39 is 28.3 Å². The Labute approximate surface area is 222 Å². The van der Waals surface area contributed by atoms with Gasteiger partial charge in [0.25, 0.3) is 6.01 Å². The van der Waals surface area contributed by atoms with Crippen LogP contribution in [0, 0.1) is 0 Å². The minimum absolute atomic E-state index is 0.221. The van der Waals surface area contributed by atoms with Crippen LogP contribution < -0.4 is 4.74 Å². The Morgan fingerprint density at radius 1 is 1.13 bits per heavy atom. The molecule has 4 atom stereocenters. The van der Waals surface area contributed by atoms with Gasteiger partial charge in [-0.05, 0) is 18.2 Å². The van der Waals surface area contributed by atoms with Gasteiger partial charge in [0.05, 0.1) is 53.6 Å². The third kappa shape index (κ3) is 4.06. The summed E-state index contributed by atoms with van der Waals surface area (Å²) in [5, 5.41) is 14.9. The van der Waals surface area contributed by atoms with E-state index in [2.05, 4.69) is 20.1 Å². The number of aromatic nitrogens is 5. The van der Waals surface area contributed by atoms with Gasteiger partial charge in [0.2, 0.25) is 10.0 Å². The lowest BCUT2D eigenvalue weighted by Gasteiger charge is -2.15. The van der Waals surface area contributed by atoms with Crippen LogP contribution in [0.4, 0.5) is 0 Å². The average Bonchev–Trinajstić information content (AvgIpc) is 3.67. The first-order chi connectivity index (χ1) is 18.2. The van der Waals surface area contributed by atoms with Crippen LogP contribution in [-0.2, 0) is 32.6 Å². The Kier molecular flexibility index (Phi) is 5.51. The molecule has 0 amide bonds. The number of nitrogens with zero attached hydrogens (tertiary/aromatic N) is 5. The van der Waals surface area contributed by atoms with E-state index in [1.807, 2.05) is 30.5 Å². The van der Waals surface area contributed by atoms with E-state index in [1.54, 1.807) is 10.7 Å². The Morgan fingerprint density at radius 3 is 2.68 bits per heavy atom. The van der Waals surface area contributed by atoms with Gasteiger partial charge in [0, 0.05) is 23.9 Å². The molecule has 3 aromatic heterocycles. The van der Waals surface area contributed by atoms with E-state index >= 15 is 0 Å². The molecule has 6 heterocycles.